The van der Waals surface area contributed by atoms with E-state index in [-0.39, 0.29) is 12.5 Å². The van der Waals surface area contributed by atoms with E-state index in [9.17, 15) is 9.59 Å². The molecule has 1 N–H and O–H groups in total. The number of oxazole rings is 1. The van der Waals surface area contributed by atoms with Crippen LogP contribution in [0.2, 0.25) is 0 Å². The monoisotopic (exact) mass is 486 g/mol. The molecule has 1 aromatic carbocycles. The summed E-state index contributed by atoms with van der Waals surface area (Å²) in [6, 6.07) is 3.86. The molecular formula is C29H46N2O4. The van der Waals surface area contributed by atoms with Gasteiger partial charge in [-0.25, -0.2) is 4.79 Å². The number of nitrogens with zero attached hydrogens (tertiary/aromatic N) is 1. The van der Waals surface area contributed by atoms with E-state index in [1.807, 2.05) is 43.9 Å². The Bertz CT molecular complexity index is 961. The average Bonchev–Trinajstić information content (AvgIpc) is 3.23. The molecular weight excluding hydrogens is 440 g/mol. The molecule has 6 heteroatoms. The quantitative estimate of drug-likeness (QED) is 0.466. The molecule has 1 aliphatic heterocycles. The van der Waals surface area contributed by atoms with Gasteiger partial charge < -0.3 is 14.1 Å². The third kappa shape index (κ3) is 10.3. The first-order valence-corrected chi connectivity index (χ1v) is 13.5. The van der Waals surface area contributed by atoms with Crippen LogP contribution in [0.4, 0.5) is 0 Å². The van der Waals surface area contributed by atoms with Crippen molar-refractivity contribution in [3.8, 4) is 0 Å². The van der Waals surface area contributed by atoms with Gasteiger partial charge in [0.15, 0.2) is 12.2 Å². The number of fused-ring (bicyclic) bond motifs is 1. The Morgan fingerprint density at radius 2 is 1.80 bits per heavy atom. The van der Waals surface area contributed by atoms with Gasteiger partial charge in [0.2, 0.25) is 0 Å². The number of hydrogen-bond acceptors (Lipinski definition) is 4. The summed E-state index contributed by atoms with van der Waals surface area (Å²) in [6.45, 7) is 12.5. The van der Waals surface area contributed by atoms with E-state index in [1.54, 1.807) is 6.26 Å². The maximum atomic E-state index is 11.7. The second-order valence-corrected chi connectivity index (χ2v) is 10.0. The van der Waals surface area contributed by atoms with Crippen molar-refractivity contribution >= 4 is 17.0 Å². The van der Waals surface area contributed by atoms with E-state index in [1.165, 1.54) is 38.5 Å². The maximum absolute atomic E-state index is 11.7. The van der Waals surface area contributed by atoms with Gasteiger partial charge in [-0.1, -0.05) is 71.4 Å². The zero-order chi connectivity index (χ0) is 25.6. The maximum Gasteiger partial charge on any atom is 0.417 e. The van der Waals surface area contributed by atoms with Gasteiger partial charge in [0.05, 0.1) is 11.8 Å². The molecule has 4 rings (SSSR count). The molecule has 0 atom stereocenters. The first-order valence-electron chi connectivity index (χ1n) is 13.5. The molecule has 2 fully saturated rings. The number of likely N-dealkylation sites (tertiary alicyclic amines) is 1. The molecule has 0 unspecified atom stereocenters. The minimum Gasteiger partial charge on any atom is -0.492 e. The Morgan fingerprint density at radius 1 is 1.11 bits per heavy atom. The summed E-state index contributed by atoms with van der Waals surface area (Å²) in [6.07, 6.45) is 15.4. The van der Waals surface area contributed by atoms with Gasteiger partial charge in [-0.05, 0) is 62.1 Å². The highest BCUT2D eigenvalue weighted by atomic mass is 16.5. The van der Waals surface area contributed by atoms with Crippen molar-refractivity contribution in [2.75, 3.05) is 19.7 Å². The lowest BCUT2D eigenvalue weighted by Crippen LogP contribution is -2.40. The van der Waals surface area contributed by atoms with Crippen molar-refractivity contribution < 1.29 is 13.9 Å². The van der Waals surface area contributed by atoms with E-state index < -0.39 is 5.76 Å². The van der Waals surface area contributed by atoms with Gasteiger partial charge in [0.25, 0.3) is 5.91 Å². The molecule has 6 nitrogen and oxygen atoms in total. The van der Waals surface area contributed by atoms with E-state index in [0.717, 1.165) is 60.8 Å². The van der Waals surface area contributed by atoms with Gasteiger partial charge in [-0.15, -0.1) is 0 Å². The summed E-state index contributed by atoms with van der Waals surface area (Å²) in [5.41, 5.74) is 3.57. The average molecular weight is 487 g/mol. The summed E-state index contributed by atoms with van der Waals surface area (Å²) in [5, 5.41) is 0. The van der Waals surface area contributed by atoms with Crippen LogP contribution in [0, 0.1) is 25.7 Å². The molecule has 35 heavy (non-hydrogen) atoms. The molecule has 1 amide bonds. The molecule has 2 aliphatic rings. The Kier molecular flexibility index (Phi) is 12.7. The van der Waals surface area contributed by atoms with Crippen LogP contribution in [-0.2, 0) is 9.53 Å². The van der Waals surface area contributed by atoms with Crippen molar-refractivity contribution in [3.05, 3.63) is 46.1 Å². The van der Waals surface area contributed by atoms with Crippen molar-refractivity contribution in [1.29, 1.82) is 0 Å². The standard InChI is InChI=1S/C13H23NO2.C9H9NO2.C7H14/c1-3-5-10-16-11-13(15)14-8-6-12(4-2)7-9-14;1-5-3-6(2)8-7(4-5)12-9(11)10-8;1-7-5-3-2-4-6-7/h5,10,12H,3-4,6-9,11H2,1-2H3;3-4H,1-2H3,(H,10,11);7H,2-6H2,1H3/b10-5+;;. The third-order valence-corrected chi connectivity index (χ3v) is 6.95. The molecule has 1 saturated heterocycles. The molecule has 1 saturated carbocycles. The number of carbonyl (C=O) groups excluding carboxylic acids is 1. The van der Waals surface area contributed by atoms with Crippen LogP contribution in [0.25, 0.3) is 11.1 Å². The SMILES string of the molecule is CC/C=C/OCC(=O)N1CCC(CC)CC1.CC1CCCCC1.Cc1cc(C)c2[nH]c(=O)oc2c1. The van der Waals surface area contributed by atoms with Gasteiger partial charge in [0.1, 0.15) is 0 Å². The number of amides is 1. The number of carbonyl (C=O) groups is 1. The van der Waals surface area contributed by atoms with Crippen molar-refractivity contribution in [2.24, 2.45) is 11.8 Å². The van der Waals surface area contributed by atoms with Crippen molar-refractivity contribution in [2.45, 2.75) is 92.4 Å². The topological polar surface area (TPSA) is 75.5 Å². The lowest BCUT2D eigenvalue weighted by atomic mass is 9.91. The summed E-state index contributed by atoms with van der Waals surface area (Å²) >= 11 is 0. The van der Waals surface area contributed by atoms with E-state index in [2.05, 4.69) is 18.8 Å². The van der Waals surface area contributed by atoms with E-state index in [4.69, 9.17) is 9.15 Å². The highest BCUT2D eigenvalue weighted by Gasteiger charge is 2.21. The van der Waals surface area contributed by atoms with E-state index >= 15 is 0 Å². The van der Waals surface area contributed by atoms with E-state index in [0.29, 0.717) is 5.58 Å². The molecule has 0 radical (unpaired) electrons. The number of aromatic amines is 1. The van der Waals surface area contributed by atoms with Gasteiger partial charge >= 0.3 is 5.76 Å². The number of H-pyrrole nitrogens is 1. The summed E-state index contributed by atoms with van der Waals surface area (Å²) in [7, 11) is 0. The fraction of sp³-hybridized carbons (Fsp3) is 0.655. The lowest BCUT2D eigenvalue weighted by molar-refractivity contribution is -0.135. The van der Waals surface area contributed by atoms with Crippen LogP contribution in [0.3, 0.4) is 0 Å². The Morgan fingerprint density at radius 3 is 2.37 bits per heavy atom. The second-order valence-electron chi connectivity index (χ2n) is 10.0. The Labute approximate surface area is 211 Å². The minimum absolute atomic E-state index is 0.121. The predicted molar refractivity (Wildman–Crippen MR) is 144 cm³/mol. The summed E-state index contributed by atoms with van der Waals surface area (Å²) in [4.78, 5) is 27.1. The van der Waals surface area contributed by atoms with Gasteiger partial charge in [0, 0.05) is 13.1 Å². The zero-order valence-electron chi connectivity index (χ0n) is 22.5. The van der Waals surface area contributed by atoms with Crippen LogP contribution in [0.1, 0.15) is 89.7 Å². The minimum atomic E-state index is -0.390. The highest BCUT2D eigenvalue weighted by molar-refractivity contribution is 5.77. The zero-order valence-corrected chi connectivity index (χ0v) is 22.5. The van der Waals surface area contributed by atoms with Crippen LogP contribution in [0.15, 0.2) is 33.7 Å². The molecule has 0 bridgehead atoms. The molecule has 1 aromatic heterocycles. The Balaban J connectivity index is 0.000000199. The number of piperidine rings is 1. The number of ether oxygens (including phenoxy) is 1. The lowest BCUT2D eigenvalue weighted by Gasteiger charge is -2.31. The first kappa shape index (κ1) is 28.7. The number of aromatic nitrogens is 1. The van der Waals surface area contributed by atoms with Gasteiger partial charge in [-0.2, -0.15) is 0 Å². The number of hydrogen-bond donors (Lipinski definition) is 1. The molecule has 0 spiro atoms. The van der Waals surface area contributed by atoms with Crippen molar-refractivity contribution in [3.63, 3.8) is 0 Å². The molecule has 1 aliphatic carbocycles. The Hall–Kier alpha value is -2.50. The highest BCUT2D eigenvalue weighted by Crippen LogP contribution is 2.22. The fourth-order valence-corrected chi connectivity index (χ4v) is 4.67. The number of rotatable bonds is 5. The second kappa shape index (κ2) is 15.5. The summed E-state index contributed by atoms with van der Waals surface area (Å²) < 4.78 is 10.1. The number of aryl methyl sites for hydroxylation is 2. The van der Waals surface area contributed by atoms with Gasteiger partial charge in [-0.3, -0.25) is 9.78 Å². The summed E-state index contributed by atoms with van der Waals surface area (Å²) in [5.74, 6) is 1.58. The largest absolute Gasteiger partial charge is 0.492 e. The molecule has 2 heterocycles. The van der Waals surface area contributed by atoms with Crippen molar-refractivity contribution in [1.82, 2.24) is 9.88 Å². The predicted octanol–water partition coefficient (Wildman–Crippen LogP) is 6.90. The number of allylic oxidation sites excluding steroid dienone is 1. The van der Waals surface area contributed by atoms with Crippen LogP contribution in [0.5, 0.6) is 0 Å². The van der Waals surface area contributed by atoms with Crippen LogP contribution in [-0.4, -0.2) is 35.5 Å². The third-order valence-electron chi connectivity index (χ3n) is 6.95. The molecule has 196 valence electrons. The smallest absolute Gasteiger partial charge is 0.417 e. The number of benzene rings is 1. The first-order chi connectivity index (χ1) is 16.8. The van der Waals surface area contributed by atoms with Crippen LogP contribution >= 0.6 is 0 Å². The normalized spacial score (nSPS) is 17.0. The fourth-order valence-electron chi connectivity index (χ4n) is 4.67. The molecule has 2 aromatic rings. The number of nitrogens with one attached hydrogen (secondary N) is 1. The van der Waals surface area contributed by atoms with Crippen LogP contribution < -0.4 is 5.76 Å².